The van der Waals surface area contributed by atoms with Gasteiger partial charge in [0.25, 0.3) is 0 Å². The molecule has 116 valence electrons. The lowest BCUT2D eigenvalue weighted by Crippen LogP contribution is -2.19. The van der Waals surface area contributed by atoms with Gasteiger partial charge in [-0.3, -0.25) is 9.97 Å². The quantitative estimate of drug-likeness (QED) is 0.416. The summed E-state index contributed by atoms with van der Waals surface area (Å²) in [5.41, 5.74) is 2.78. The van der Waals surface area contributed by atoms with Crippen molar-refractivity contribution in [3.05, 3.63) is 73.2 Å². The minimum Gasteiger partial charge on any atom is -0.332 e. The molecule has 2 heterocycles. The average Bonchev–Trinajstić information content (AvgIpc) is 2.63. The maximum absolute atomic E-state index is 5.45. The second-order valence-corrected chi connectivity index (χ2v) is 5.77. The third-order valence-electron chi connectivity index (χ3n) is 3.79. The van der Waals surface area contributed by atoms with E-state index in [4.69, 9.17) is 12.2 Å². The van der Waals surface area contributed by atoms with Crippen molar-refractivity contribution < 1.29 is 0 Å². The Morgan fingerprint density at radius 3 is 2.62 bits per heavy atom. The summed E-state index contributed by atoms with van der Waals surface area (Å²) in [5, 5.41) is 10.1. The van der Waals surface area contributed by atoms with E-state index in [1.54, 1.807) is 12.4 Å². The van der Waals surface area contributed by atoms with Gasteiger partial charge in [-0.2, -0.15) is 0 Å². The van der Waals surface area contributed by atoms with Crippen LogP contribution in [0.3, 0.4) is 0 Å². The molecule has 0 spiro atoms. The first kappa shape index (κ1) is 14.5. The van der Waals surface area contributed by atoms with Gasteiger partial charge in [-0.15, -0.1) is 0 Å². The molecule has 0 atom stereocenters. The standard InChI is InChI=1S/C19H14N4S/c24-19(22-14-5-2-1-3-6-14)23-17-11-13-8-10-20-12-16(13)18-15(17)7-4-9-21-18/h1-12H,(H2,22,23,24). The highest BCUT2D eigenvalue weighted by Gasteiger charge is 2.08. The van der Waals surface area contributed by atoms with Gasteiger partial charge in [-0.05, 0) is 54.0 Å². The number of pyridine rings is 2. The lowest BCUT2D eigenvalue weighted by Gasteiger charge is -2.14. The number of hydrogen-bond donors (Lipinski definition) is 2. The molecular formula is C19H14N4S. The van der Waals surface area contributed by atoms with Crippen LogP contribution in [0.1, 0.15) is 0 Å². The Morgan fingerprint density at radius 2 is 1.75 bits per heavy atom. The van der Waals surface area contributed by atoms with Crippen molar-refractivity contribution in [1.29, 1.82) is 0 Å². The molecule has 0 fully saturated rings. The molecule has 0 saturated heterocycles. The first-order chi connectivity index (χ1) is 11.8. The maximum Gasteiger partial charge on any atom is 0.175 e. The Morgan fingerprint density at radius 1 is 0.875 bits per heavy atom. The van der Waals surface area contributed by atoms with Crippen molar-refractivity contribution in [2.24, 2.45) is 0 Å². The molecule has 0 amide bonds. The second kappa shape index (κ2) is 6.22. The molecule has 4 aromatic rings. The Balaban J connectivity index is 1.74. The van der Waals surface area contributed by atoms with Crippen LogP contribution in [0.5, 0.6) is 0 Å². The molecule has 4 rings (SSSR count). The van der Waals surface area contributed by atoms with Gasteiger partial charge < -0.3 is 10.6 Å². The Labute approximate surface area is 144 Å². The lowest BCUT2D eigenvalue weighted by atomic mass is 10.1. The van der Waals surface area contributed by atoms with E-state index >= 15 is 0 Å². The normalized spacial score (nSPS) is 10.7. The third kappa shape index (κ3) is 2.77. The fourth-order valence-electron chi connectivity index (χ4n) is 2.71. The van der Waals surface area contributed by atoms with Gasteiger partial charge in [0.15, 0.2) is 5.11 Å². The van der Waals surface area contributed by atoms with Crippen LogP contribution < -0.4 is 10.6 Å². The Bertz CT molecular complexity index is 1030. The zero-order valence-corrected chi connectivity index (χ0v) is 13.5. The SMILES string of the molecule is S=C(Nc1ccccc1)Nc1cc2ccncc2c2ncccc12. The summed E-state index contributed by atoms with van der Waals surface area (Å²) in [6.07, 6.45) is 5.41. The van der Waals surface area contributed by atoms with E-state index in [1.807, 2.05) is 54.7 Å². The monoisotopic (exact) mass is 330 g/mol. The molecule has 4 nitrogen and oxygen atoms in total. The second-order valence-electron chi connectivity index (χ2n) is 5.37. The summed E-state index contributed by atoms with van der Waals surface area (Å²) in [7, 11) is 0. The van der Waals surface area contributed by atoms with Crippen molar-refractivity contribution in [1.82, 2.24) is 9.97 Å². The summed E-state index contributed by atoms with van der Waals surface area (Å²) in [6, 6.07) is 17.8. The molecule has 0 aliphatic carbocycles. The van der Waals surface area contributed by atoms with Crippen molar-refractivity contribution in [2.75, 3.05) is 10.6 Å². The van der Waals surface area contributed by atoms with E-state index in [-0.39, 0.29) is 0 Å². The zero-order chi connectivity index (χ0) is 16.4. The van der Waals surface area contributed by atoms with E-state index in [0.717, 1.165) is 33.1 Å². The highest BCUT2D eigenvalue weighted by Crippen LogP contribution is 2.30. The van der Waals surface area contributed by atoms with Crippen LogP contribution in [0.4, 0.5) is 11.4 Å². The van der Waals surface area contributed by atoms with E-state index in [2.05, 4.69) is 26.7 Å². The molecule has 5 heteroatoms. The van der Waals surface area contributed by atoms with Crippen LogP contribution in [0.25, 0.3) is 21.7 Å². The molecule has 2 N–H and O–H groups in total. The van der Waals surface area contributed by atoms with E-state index < -0.39 is 0 Å². The van der Waals surface area contributed by atoms with Crippen LogP contribution in [-0.4, -0.2) is 15.1 Å². The van der Waals surface area contributed by atoms with Gasteiger partial charge in [0, 0.05) is 35.1 Å². The van der Waals surface area contributed by atoms with Gasteiger partial charge in [-0.25, -0.2) is 0 Å². The first-order valence-corrected chi connectivity index (χ1v) is 7.96. The predicted molar refractivity (Wildman–Crippen MR) is 103 cm³/mol. The fourth-order valence-corrected chi connectivity index (χ4v) is 2.94. The molecule has 0 bridgehead atoms. The van der Waals surface area contributed by atoms with Gasteiger partial charge >= 0.3 is 0 Å². The molecule has 0 aliphatic heterocycles. The van der Waals surface area contributed by atoms with Crippen molar-refractivity contribution in [3.63, 3.8) is 0 Å². The molecule has 0 aliphatic rings. The fraction of sp³-hybridized carbons (Fsp3) is 0. The van der Waals surface area contributed by atoms with Crippen LogP contribution in [0.15, 0.2) is 73.2 Å². The summed E-state index contributed by atoms with van der Waals surface area (Å²) in [5.74, 6) is 0. The first-order valence-electron chi connectivity index (χ1n) is 7.56. The smallest absolute Gasteiger partial charge is 0.175 e. The summed E-state index contributed by atoms with van der Waals surface area (Å²) < 4.78 is 0. The van der Waals surface area contributed by atoms with Gasteiger partial charge in [0.2, 0.25) is 0 Å². The number of nitrogens with one attached hydrogen (secondary N) is 2. The lowest BCUT2D eigenvalue weighted by molar-refractivity contribution is 1.36. The number of anilines is 2. The largest absolute Gasteiger partial charge is 0.332 e. The molecule has 0 radical (unpaired) electrons. The third-order valence-corrected chi connectivity index (χ3v) is 3.99. The van der Waals surface area contributed by atoms with E-state index in [0.29, 0.717) is 5.11 Å². The minimum atomic E-state index is 0.541. The summed E-state index contributed by atoms with van der Waals surface area (Å²) in [4.78, 5) is 8.73. The van der Waals surface area contributed by atoms with E-state index in [1.165, 1.54) is 0 Å². The number of fused-ring (bicyclic) bond motifs is 3. The number of aromatic nitrogens is 2. The zero-order valence-electron chi connectivity index (χ0n) is 12.7. The summed E-state index contributed by atoms with van der Waals surface area (Å²) in [6.45, 7) is 0. The Hall–Kier alpha value is -3.05. The molecular weight excluding hydrogens is 316 g/mol. The minimum absolute atomic E-state index is 0.541. The van der Waals surface area contributed by atoms with Crippen molar-refractivity contribution in [3.8, 4) is 0 Å². The molecule has 2 aromatic heterocycles. The topological polar surface area (TPSA) is 49.8 Å². The number of para-hydroxylation sites is 1. The highest BCUT2D eigenvalue weighted by atomic mass is 32.1. The number of rotatable bonds is 2. The van der Waals surface area contributed by atoms with Crippen LogP contribution >= 0.6 is 12.2 Å². The number of benzene rings is 2. The molecule has 24 heavy (non-hydrogen) atoms. The van der Waals surface area contributed by atoms with Gasteiger partial charge in [0.1, 0.15) is 0 Å². The average molecular weight is 330 g/mol. The van der Waals surface area contributed by atoms with Gasteiger partial charge in [0.05, 0.1) is 11.2 Å². The molecule has 0 saturated carbocycles. The highest BCUT2D eigenvalue weighted by molar-refractivity contribution is 7.80. The number of nitrogens with zero attached hydrogens (tertiary/aromatic N) is 2. The van der Waals surface area contributed by atoms with Gasteiger partial charge in [-0.1, -0.05) is 18.2 Å². The van der Waals surface area contributed by atoms with Crippen molar-refractivity contribution in [2.45, 2.75) is 0 Å². The predicted octanol–water partition coefficient (Wildman–Crippen LogP) is 4.59. The Kier molecular flexibility index (Phi) is 3.76. The van der Waals surface area contributed by atoms with Crippen molar-refractivity contribution >= 4 is 50.4 Å². The van der Waals surface area contributed by atoms with Crippen LogP contribution in [0.2, 0.25) is 0 Å². The summed E-state index contributed by atoms with van der Waals surface area (Å²) >= 11 is 5.45. The number of thiocarbonyl (C=S) groups is 1. The maximum atomic E-state index is 5.45. The van der Waals surface area contributed by atoms with E-state index in [9.17, 15) is 0 Å². The number of hydrogen-bond acceptors (Lipinski definition) is 3. The van der Waals surface area contributed by atoms with Crippen LogP contribution in [0, 0.1) is 0 Å². The molecule has 2 aromatic carbocycles. The molecule has 0 unspecified atom stereocenters. The van der Waals surface area contributed by atoms with Crippen LogP contribution in [-0.2, 0) is 0 Å².